The first kappa shape index (κ1) is 28.8. The van der Waals surface area contributed by atoms with E-state index in [2.05, 4.69) is 66.9 Å². The minimum Gasteiger partial charge on any atom is -0.323 e. The number of aryl methyl sites for hydroxylation is 1. The summed E-state index contributed by atoms with van der Waals surface area (Å²) in [5, 5.41) is 5.55. The van der Waals surface area contributed by atoms with E-state index in [1.165, 1.54) is 11.1 Å². The summed E-state index contributed by atoms with van der Waals surface area (Å²) in [6.45, 7) is 5.29. The van der Waals surface area contributed by atoms with Crippen molar-refractivity contribution in [2.75, 3.05) is 18.4 Å². The Kier molecular flexibility index (Phi) is 7.81. The molecule has 0 radical (unpaired) electrons. The first-order valence-electron chi connectivity index (χ1n) is 15.5. The van der Waals surface area contributed by atoms with Gasteiger partial charge in [-0.2, -0.15) is 0 Å². The minimum atomic E-state index is -0.581. The van der Waals surface area contributed by atoms with Gasteiger partial charge in [0.05, 0.1) is 17.6 Å². The minimum absolute atomic E-state index is 0.120. The van der Waals surface area contributed by atoms with Crippen LogP contribution in [0.25, 0.3) is 11.3 Å². The number of imide groups is 1. The van der Waals surface area contributed by atoms with E-state index in [1.54, 1.807) is 23.5 Å². The lowest BCUT2D eigenvalue weighted by molar-refractivity contribution is -0.136. The molecule has 10 heteroatoms. The van der Waals surface area contributed by atoms with E-state index in [9.17, 15) is 14.4 Å². The number of hydrogen-bond donors (Lipinski definition) is 2. The molecule has 228 valence electrons. The average Bonchev–Trinajstić information content (AvgIpc) is 3.38. The topological polar surface area (TPSA) is 120 Å². The third kappa shape index (κ3) is 6.19. The highest BCUT2D eigenvalue weighted by molar-refractivity contribution is 6.05. The molecule has 1 unspecified atom stereocenters. The van der Waals surface area contributed by atoms with Gasteiger partial charge in [0.2, 0.25) is 17.8 Å². The zero-order valence-corrected chi connectivity index (χ0v) is 25.2. The molecule has 0 bridgehead atoms. The number of pyridine rings is 1. The lowest BCUT2D eigenvalue weighted by atomic mass is 9.87. The molecule has 45 heavy (non-hydrogen) atoms. The van der Waals surface area contributed by atoms with E-state index in [0.29, 0.717) is 30.4 Å². The largest absolute Gasteiger partial charge is 0.323 e. The highest BCUT2D eigenvalue weighted by Gasteiger charge is 2.39. The molecule has 2 aromatic heterocycles. The molecule has 2 fully saturated rings. The van der Waals surface area contributed by atoms with Crippen LogP contribution < -0.4 is 10.6 Å². The van der Waals surface area contributed by atoms with Crippen LogP contribution in [0.3, 0.4) is 0 Å². The molecule has 2 saturated heterocycles. The van der Waals surface area contributed by atoms with Crippen LogP contribution in [0.15, 0.2) is 73.2 Å². The van der Waals surface area contributed by atoms with E-state index in [0.717, 1.165) is 60.5 Å². The van der Waals surface area contributed by atoms with Crippen LogP contribution in [-0.2, 0) is 22.7 Å². The molecule has 1 atom stereocenters. The van der Waals surface area contributed by atoms with E-state index >= 15 is 0 Å². The number of nitrogens with zero attached hydrogens (tertiary/aromatic N) is 5. The van der Waals surface area contributed by atoms with Crippen molar-refractivity contribution in [2.24, 2.45) is 0 Å². The predicted molar refractivity (Wildman–Crippen MR) is 169 cm³/mol. The summed E-state index contributed by atoms with van der Waals surface area (Å²) in [6, 6.07) is 18.2. The number of benzene rings is 2. The number of nitrogens with one attached hydrogen (secondary N) is 2. The number of amides is 3. The molecule has 10 nitrogen and oxygen atoms in total. The summed E-state index contributed by atoms with van der Waals surface area (Å²) in [6.07, 6.45) is 8.11. The zero-order valence-electron chi connectivity index (χ0n) is 25.2. The Morgan fingerprint density at radius 3 is 2.38 bits per heavy atom. The highest BCUT2D eigenvalue weighted by atomic mass is 16.2. The van der Waals surface area contributed by atoms with E-state index in [1.807, 2.05) is 25.1 Å². The summed E-state index contributed by atoms with van der Waals surface area (Å²) in [5.74, 6) is 0.224. The van der Waals surface area contributed by atoms with Gasteiger partial charge in [0.1, 0.15) is 6.04 Å². The van der Waals surface area contributed by atoms with Crippen molar-refractivity contribution in [2.45, 2.75) is 57.7 Å². The van der Waals surface area contributed by atoms with Crippen LogP contribution in [0, 0.1) is 6.92 Å². The maximum absolute atomic E-state index is 13.1. The molecule has 2 aromatic carbocycles. The Morgan fingerprint density at radius 1 is 0.889 bits per heavy atom. The van der Waals surface area contributed by atoms with Gasteiger partial charge in [-0.05, 0) is 85.6 Å². The van der Waals surface area contributed by atoms with Gasteiger partial charge in [0.25, 0.3) is 5.91 Å². The molecular formula is C35H35N7O3. The van der Waals surface area contributed by atoms with Gasteiger partial charge >= 0.3 is 0 Å². The summed E-state index contributed by atoms with van der Waals surface area (Å²) in [4.78, 5) is 54.3. The fourth-order valence-electron chi connectivity index (χ4n) is 6.54. The fourth-order valence-corrected chi connectivity index (χ4v) is 6.54. The number of likely N-dealkylation sites (tertiary alicyclic amines) is 1. The molecule has 3 aliphatic rings. The second kappa shape index (κ2) is 12.2. The smallest absolute Gasteiger partial charge is 0.255 e. The van der Waals surface area contributed by atoms with Gasteiger partial charge in [-0.15, -0.1) is 0 Å². The third-order valence-electron chi connectivity index (χ3n) is 9.06. The number of carbonyl (C=O) groups excluding carboxylic acids is 3. The monoisotopic (exact) mass is 601 g/mol. The molecule has 7 rings (SSSR count). The number of anilines is 2. The van der Waals surface area contributed by atoms with E-state index < -0.39 is 6.04 Å². The maximum Gasteiger partial charge on any atom is 0.255 e. The molecule has 0 aliphatic carbocycles. The zero-order chi connectivity index (χ0) is 30.9. The highest BCUT2D eigenvalue weighted by Crippen LogP contribution is 2.34. The van der Waals surface area contributed by atoms with Crippen LogP contribution in [0.2, 0.25) is 0 Å². The van der Waals surface area contributed by atoms with Gasteiger partial charge < -0.3 is 10.2 Å². The normalized spacial score (nSPS) is 19.0. The molecular weight excluding hydrogens is 566 g/mol. The molecule has 3 aliphatic heterocycles. The summed E-state index contributed by atoms with van der Waals surface area (Å²) >= 11 is 0. The van der Waals surface area contributed by atoms with Crippen molar-refractivity contribution in [1.82, 2.24) is 30.1 Å². The van der Waals surface area contributed by atoms with Crippen molar-refractivity contribution in [3.05, 3.63) is 101 Å². The van der Waals surface area contributed by atoms with Gasteiger partial charge in [-0.1, -0.05) is 36.4 Å². The standard InChI is InChI=1S/C35H35N7O3/c1-22-17-37-35(38-18-22)39-28-7-9-30(36-19-28)25-4-2-23(3-5-25)20-41-14-12-24(13-15-41)26-6-8-29-27(16-26)21-42(34(29)45)31-10-11-32(43)40-33(31)44/h2-9,16-19,24,31H,10-15,20-21H2,1H3,(H,37,38,39)(H,40,43,44). The lowest BCUT2D eigenvalue weighted by Gasteiger charge is -2.32. The van der Waals surface area contributed by atoms with Crippen molar-refractivity contribution in [3.63, 3.8) is 0 Å². The second-order valence-corrected chi connectivity index (χ2v) is 12.2. The number of rotatable bonds is 7. The van der Waals surface area contributed by atoms with Crippen molar-refractivity contribution < 1.29 is 14.4 Å². The van der Waals surface area contributed by atoms with Crippen molar-refractivity contribution in [3.8, 4) is 11.3 Å². The van der Waals surface area contributed by atoms with E-state index in [4.69, 9.17) is 0 Å². The molecule has 3 amide bonds. The third-order valence-corrected chi connectivity index (χ3v) is 9.06. The number of piperidine rings is 2. The predicted octanol–water partition coefficient (Wildman–Crippen LogP) is 4.73. The SMILES string of the molecule is Cc1cnc(Nc2ccc(-c3ccc(CN4CCC(c5ccc6c(c5)CN(C5CCC(=O)NC5=O)C6=O)CC4)cc3)nc2)nc1. The van der Waals surface area contributed by atoms with Crippen LogP contribution in [-0.4, -0.2) is 61.6 Å². The van der Waals surface area contributed by atoms with Gasteiger partial charge in [0.15, 0.2) is 0 Å². The molecule has 0 saturated carbocycles. The van der Waals surface area contributed by atoms with Crippen LogP contribution in [0.5, 0.6) is 0 Å². The van der Waals surface area contributed by atoms with Crippen molar-refractivity contribution in [1.29, 1.82) is 0 Å². The van der Waals surface area contributed by atoms with Crippen LogP contribution in [0.1, 0.15) is 64.2 Å². The number of carbonyl (C=O) groups is 3. The summed E-state index contributed by atoms with van der Waals surface area (Å²) in [5.41, 5.74) is 8.02. The van der Waals surface area contributed by atoms with Gasteiger partial charge in [0, 0.05) is 43.0 Å². The Labute approximate surface area is 261 Å². The van der Waals surface area contributed by atoms with Crippen LogP contribution >= 0.6 is 0 Å². The van der Waals surface area contributed by atoms with Gasteiger partial charge in [-0.3, -0.25) is 29.6 Å². The Morgan fingerprint density at radius 2 is 1.67 bits per heavy atom. The van der Waals surface area contributed by atoms with Gasteiger partial charge in [-0.25, -0.2) is 9.97 Å². The van der Waals surface area contributed by atoms with Crippen molar-refractivity contribution >= 4 is 29.4 Å². The Hall–Kier alpha value is -4.96. The fraction of sp³-hybridized carbons (Fsp3) is 0.314. The number of hydrogen-bond acceptors (Lipinski definition) is 8. The van der Waals surface area contributed by atoms with E-state index in [-0.39, 0.29) is 24.1 Å². The summed E-state index contributed by atoms with van der Waals surface area (Å²) in [7, 11) is 0. The molecule has 4 aromatic rings. The molecule has 2 N–H and O–H groups in total. The first-order valence-corrected chi connectivity index (χ1v) is 15.5. The Bertz CT molecular complexity index is 1730. The summed E-state index contributed by atoms with van der Waals surface area (Å²) < 4.78 is 0. The lowest BCUT2D eigenvalue weighted by Crippen LogP contribution is -2.52. The first-order chi connectivity index (χ1) is 21.9. The Balaban J connectivity index is 0.918. The molecule has 0 spiro atoms. The molecule has 5 heterocycles. The van der Waals surface area contributed by atoms with Crippen LogP contribution in [0.4, 0.5) is 11.6 Å². The maximum atomic E-state index is 13.1. The number of fused-ring (bicyclic) bond motifs is 1. The quantitative estimate of drug-likeness (QED) is 0.292. The average molecular weight is 602 g/mol. The second-order valence-electron chi connectivity index (χ2n) is 12.2. The number of aromatic nitrogens is 3.